The van der Waals surface area contributed by atoms with Gasteiger partial charge in [-0.2, -0.15) is 0 Å². The first-order chi connectivity index (χ1) is 12.5. The molecule has 3 rings (SSSR count). The van der Waals surface area contributed by atoms with E-state index in [1.807, 2.05) is 43.0 Å². The number of aromatic nitrogens is 1. The van der Waals surface area contributed by atoms with Crippen molar-refractivity contribution in [2.75, 3.05) is 33.3 Å². The Kier molecular flexibility index (Phi) is 5.89. The molecule has 1 aromatic heterocycles. The lowest BCUT2D eigenvalue weighted by Crippen LogP contribution is -2.35. The van der Waals surface area contributed by atoms with Crippen molar-refractivity contribution in [2.45, 2.75) is 26.8 Å². The smallest absolute Gasteiger partial charge is 0.254 e. The van der Waals surface area contributed by atoms with Crippen LogP contribution in [0.1, 0.15) is 33.7 Å². The molecule has 0 aliphatic carbocycles. The fourth-order valence-electron chi connectivity index (χ4n) is 3.50. The molecule has 1 aromatic carbocycles. The third-order valence-electron chi connectivity index (χ3n) is 4.74. The molecular formula is C21H27N3O2. The Morgan fingerprint density at radius 1 is 1.08 bits per heavy atom. The molecule has 2 aromatic rings. The molecule has 0 N–H and O–H groups in total. The number of pyridine rings is 1. The van der Waals surface area contributed by atoms with Gasteiger partial charge < -0.3 is 9.64 Å². The van der Waals surface area contributed by atoms with Gasteiger partial charge >= 0.3 is 0 Å². The van der Waals surface area contributed by atoms with E-state index >= 15 is 0 Å². The monoisotopic (exact) mass is 353 g/mol. The second kappa shape index (κ2) is 8.32. The van der Waals surface area contributed by atoms with Crippen LogP contribution in [0.25, 0.3) is 0 Å². The number of methoxy groups -OCH3 is 1. The highest BCUT2D eigenvalue weighted by Crippen LogP contribution is 2.16. The molecule has 0 spiro atoms. The Balaban J connectivity index is 1.63. The zero-order valence-electron chi connectivity index (χ0n) is 15.9. The van der Waals surface area contributed by atoms with Crippen LogP contribution in [-0.2, 0) is 6.54 Å². The quantitative estimate of drug-likeness (QED) is 0.847. The number of nitrogens with zero attached hydrogens (tertiary/aromatic N) is 3. The number of hydrogen-bond donors (Lipinski definition) is 0. The largest absolute Gasteiger partial charge is 0.497 e. The summed E-state index contributed by atoms with van der Waals surface area (Å²) in [6, 6.07) is 12.0. The number of carbonyl (C=O) groups excluding carboxylic acids is 1. The average Bonchev–Trinajstić information content (AvgIpc) is 2.86. The summed E-state index contributed by atoms with van der Waals surface area (Å²) in [6.45, 7) is 8.18. The highest BCUT2D eigenvalue weighted by atomic mass is 16.5. The van der Waals surface area contributed by atoms with Crippen molar-refractivity contribution in [1.29, 1.82) is 0 Å². The van der Waals surface area contributed by atoms with E-state index in [0.717, 1.165) is 61.8 Å². The van der Waals surface area contributed by atoms with Crippen molar-refractivity contribution < 1.29 is 9.53 Å². The standard InChI is InChI=1S/C21H27N3O2/c1-16-12-19(13-17(2)22-16)21(25)24-9-5-8-23(10-11-24)15-18-6-4-7-20(14-18)26-3/h4,6-7,12-14H,5,8-11,15H2,1-3H3. The maximum atomic E-state index is 12.9. The van der Waals surface area contributed by atoms with Crippen molar-refractivity contribution in [3.05, 3.63) is 58.9 Å². The fourth-order valence-corrected chi connectivity index (χ4v) is 3.50. The lowest BCUT2D eigenvalue weighted by Gasteiger charge is -2.22. The van der Waals surface area contributed by atoms with Gasteiger partial charge in [-0.3, -0.25) is 14.7 Å². The van der Waals surface area contributed by atoms with Crippen LogP contribution in [0.15, 0.2) is 36.4 Å². The molecule has 0 atom stereocenters. The van der Waals surface area contributed by atoms with Gasteiger partial charge in [0.25, 0.3) is 5.91 Å². The summed E-state index contributed by atoms with van der Waals surface area (Å²) in [4.78, 5) is 21.6. The maximum absolute atomic E-state index is 12.9. The van der Waals surface area contributed by atoms with Gasteiger partial charge in [0.15, 0.2) is 0 Å². The van der Waals surface area contributed by atoms with Crippen LogP contribution in [0.2, 0.25) is 0 Å². The van der Waals surface area contributed by atoms with Gasteiger partial charge in [-0.15, -0.1) is 0 Å². The van der Waals surface area contributed by atoms with Crippen LogP contribution < -0.4 is 4.74 Å². The van der Waals surface area contributed by atoms with Crippen molar-refractivity contribution >= 4 is 5.91 Å². The van der Waals surface area contributed by atoms with E-state index < -0.39 is 0 Å². The van der Waals surface area contributed by atoms with E-state index in [4.69, 9.17) is 4.74 Å². The van der Waals surface area contributed by atoms with Crippen LogP contribution in [0.4, 0.5) is 0 Å². The number of benzene rings is 1. The third-order valence-corrected chi connectivity index (χ3v) is 4.74. The lowest BCUT2D eigenvalue weighted by atomic mass is 10.1. The molecule has 1 aliphatic rings. The summed E-state index contributed by atoms with van der Waals surface area (Å²) < 4.78 is 5.31. The maximum Gasteiger partial charge on any atom is 0.254 e. The molecule has 1 amide bonds. The topological polar surface area (TPSA) is 45.7 Å². The number of aryl methyl sites for hydroxylation is 2. The van der Waals surface area contributed by atoms with Crippen LogP contribution >= 0.6 is 0 Å². The normalized spacial score (nSPS) is 15.6. The first-order valence-electron chi connectivity index (χ1n) is 9.15. The number of ether oxygens (including phenoxy) is 1. The Morgan fingerprint density at radius 3 is 2.58 bits per heavy atom. The Hall–Kier alpha value is -2.40. The number of carbonyl (C=O) groups is 1. The molecule has 5 heteroatoms. The van der Waals surface area contributed by atoms with Gasteiger partial charge in [0.05, 0.1) is 7.11 Å². The lowest BCUT2D eigenvalue weighted by molar-refractivity contribution is 0.0760. The third kappa shape index (κ3) is 4.61. The summed E-state index contributed by atoms with van der Waals surface area (Å²) in [5.41, 5.74) is 3.77. The molecule has 1 aliphatic heterocycles. The number of hydrogen-bond acceptors (Lipinski definition) is 4. The van der Waals surface area contributed by atoms with Crippen LogP contribution in [0.5, 0.6) is 5.75 Å². The zero-order chi connectivity index (χ0) is 18.5. The minimum Gasteiger partial charge on any atom is -0.497 e. The van der Waals surface area contributed by atoms with Crippen LogP contribution in [0, 0.1) is 13.8 Å². The molecule has 0 radical (unpaired) electrons. The van der Waals surface area contributed by atoms with Crippen molar-refractivity contribution in [3.63, 3.8) is 0 Å². The highest BCUT2D eigenvalue weighted by molar-refractivity contribution is 5.94. The summed E-state index contributed by atoms with van der Waals surface area (Å²) in [5, 5.41) is 0. The molecule has 0 unspecified atom stereocenters. The summed E-state index contributed by atoms with van der Waals surface area (Å²) in [6.07, 6.45) is 0.985. The first-order valence-corrected chi connectivity index (χ1v) is 9.15. The van der Waals surface area contributed by atoms with Crippen molar-refractivity contribution in [3.8, 4) is 5.75 Å². The first kappa shape index (κ1) is 18.4. The van der Waals surface area contributed by atoms with E-state index in [-0.39, 0.29) is 5.91 Å². The minimum atomic E-state index is 0.113. The van der Waals surface area contributed by atoms with E-state index in [9.17, 15) is 4.79 Å². The average molecular weight is 353 g/mol. The summed E-state index contributed by atoms with van der Waals surface area (Å²) >= 11 is 0. The summed E-state index contributed by atoms with van der Waals surface area (Å²) in [5.74, 6) is 0.999. The molecule has 138 valence electrons. The van der Waals surface area contributed by atoms with Gasteiger partial charge in [-0.1, -0.05) is 12.1 Å². The zero-order valence-corrected chi connectivity index (χ0v) is 15.9. The van der Waals surface area contributed by atoms with E-state index in [1.165, 1.54) is 5.56 Å². The molecule has 0 saturated carbocycles. The Bertz CT molecular complexity index is 755. The summed E-state index contributed by atoms with van der Waals surface area (Å²) in [7, 11) is 1.69. The SMILES string of the molecule is COc1cccc(CN2CCCN(C(=O)c3cc(C)nc(C)c3)CC2)c1. The Morgan fingerprint density at radius 2 is 1.85 bits per heavy atom. The van der Waals surface area contributed by atoms with E-state index in [2.05, 4.69) is 22.0 Å². The molecule has 1 fully saturated rings. The fraction of sp³-hybridized carbons (Fsp3) is 0.429. The van der Waals surface area contributed by atoms with Gasteiger partial charge in [0.2, 0.25) is 0 Å². The predicted octanol–water partition coefficient (Wildman–Crippen LogP) is 3.06. The predicted molar refractivity (Wildman–Crippen MR) is 103 cm³/mol. The van der Waals surface area contributed by atoms with Gasteiger partial charge in [-0.25, -0.2) is 0 Å². The molecule has 0 bridgehead atoms. The molecule has 1 saturated heterocycles. The second-order valence-electron chi connectivity index (χ2n) is 6.91. The highest BCUT2D eigenvalue weighted by Gasteiger charge is 2.21. The van der Waals surface area contributed by atoms with Crippen molar-refractivity contribution in [2.24, 2.45) is 0 Å². The van der Waals surface area contributed by atoms with Gasteiger partial charge in [0.1, 0.15) is 5.75 Å². The second-order valence-corrected chi connectivity index (χ2v) is 6.91. The van der Waals surface area contributed by atoms with Gasteiger partial charge in [0, 0.05) is 49.7 Å². The van der Waals surface area contributed by atoms with Crippen molar-refractivity contribution in [1.82, 2.24) is 14.8 Å². The van der Waals surface area contributed by atoms with E-state index in [1.54, 1.807) is 7.11 Å². The Labute approximate surface area is 155 Å². The molecular weight excluding hydrogens is 326 g/mol. The van der Waals surface area contributed by atoms with Crippen LogP contribution in [-0.4, -0.2) is 54.0 Å². The van der Waals surface area contributed by atoms with Gasteiger partial charge in [-0.05, 0) is 50.1 Å². The molecule has 26 heavy (non-hydrogen) atoms. The molecule has 5 nitrogen and oxygen atoms in total. The number of amides is 1. The number of rotatable bonds is 4. The minimum absolute atomic E-state index is 0.113. The van der Waals surface area contributed by atoms with Crippen LogP contribution in [0.3, 0.4) is 0 Å². The molecule has 2 heterocycles. The van der Waals surface area contributed by atoms with E-state index in [0.29, 0.717) is 0 Å².